The van der Waals surface area contributed by atoms with Crippen LogP contribution in [0.5, 0.6) is 0 Å². The average molecular weight is 270 g/mol. The van der Waals surface area contributed by atoms with E-state index >= 15 is 0 Å². The molecular weight excluding hydrogens is 248 g/mol. The molecule has 102 valence electrons. The van der Waals surface area contributed by atoms with Gasteiger partial charge in [-0.2, -0.15) is 4.31 Å². The van der Waals surface area contributed by atoms with Gasteiger partial charge in [-0.3, -0.25) is 0 Å². The van der Waals surface area contributed by atoms with E-state index in [9.17, 15) is 8.42 Å². The average Bonchev–Trinajstić information content (AvgIpc) is 2.34. The Morgan fingerprint density at radius 3 is 2.56 bits per heavy atom. The van der Waals surface area contributed by atoms with E-state index < -0.39 is 10.0 Å². The van der Waals surface area contributed by atoms with Crippen molar-refractivity contribution in [3.63, 3.8) is 0 Å². The number of hydrogen-bond donors (Lipinski definition) is 1. The van der Waals surface area contributed by atoms with Gasteiger partial charge in [0.15, 0.2) is 0 Å². The smallest absolute Gasteiger partial charge is 0.243 e. The Morgan fingerprint density at radius 1 is 1.28 bits per heavy atom. The van der Waals surface area contributed by atoms with E-state index in [1.807, 2.05) is 19.9 Å². The zero-order valence-corrected chi connectivity index (χ0v) is 11.9. The first kappa shape index (κ1) is 15.1. The van der Waals surface area contributed by atoms with Crippen molar-refractivity contribution in [2.75, 3.05) is 19.6 Å². The van der Waals surface area contributed by atoms with Crippen LogP contribution in [-0.4, -0.2) is 32.4 Å². The predicted octanol–water partition coefficient (Wildman–Crippen LogP) is 1.74. The summed E-state index contributed by atoms with van der Waals surface area (Å²) in [6.45, 7) is 5.17. The van der Waals surface area contributed by atoms with Gasteiger partial charge in [0.1, 0.15) is 0 Å². The monoisotopic (exact) mass is 270 g/mol. The van der Waals surface area contributed by atoms with Crippen LogP contribution in [0.1, 0.15) is 25.3 Å². The molecule has 2 N–H and O–H groups in total. The van der Waals surface area contributed by atoms with E-state index in [-0.39, 0.29) is 0 Å². The maximum atomic E-state index is 12.5. The third-order valence-corrected chi connectivity index (χ3v) is 4.66. The highest BCUT2D eigenvalue weighted by atomic mass is 32.2. The first-order valence-electron chi connectivity index (χ1n) is 6.29. The maximum Gasteiger partial charge on any atom is 0.243 e. The fourth-order valence-corrected chi connectivity index (χ4v) is 3.35. The van der Waals surface area contributed by atoms with Crippen molar-refractivity contribution in [3.05, 3.63) is 29.8 Å². The van der Waals surface area contributed by atoms with Crippen LogP contribution in [0.4, 0.5) is 0 Å². The summed E-state index contributed by atoms with van der Waals surface area (Å²) in [4.78, 5) is 0.354. The van der Waals surface area contributed by atoms with Crippen LogP contribution in [-0.2, 0) is 10.0 Å². The van der Waals surface area contributed by atoms with Crippen LogP contribution in [0, 0.1) is 6.92 Å². The van der Waals surface area contributed by atoms with Crippen LogP contribution < -0.4 is 5.73 Å². The molecule has 0 fully saturated rings. The van der Waals surface area contributed by atoms with Gasteiger partial charge in [0, 0.05) is 19.6 Å². The Hall–Kier alpha value is -0.910. The van der Waals surface area contributed by atoms with Crippen molar-refractivity contribution in [2.24, 2.45) is 5.73 Å². The number of rotatable bonds is 7. The van der Waals surface area contributed by atoms with Crippen LogP contribution in [0.3, 0.4) is 0 Å². The Labute approximate surface area is 110 Å². The Balaban J connectivity index is 3.00. The molecule has 0 amide bonds. The van der Waals surface area contributed by atoms with Gasteiger partial charge < -0.3 is 5.73 Å². The second-order valence-electron chi connectivity index (χ2n) is 4.36. The fourth-order valence-electron chi connectivity index (χ4n) is 1.76. The van der Waals surface area contributed by atoms with Crippen molar-refractivity contribution in [1.29, 1.82) is 0 Å². The lowest BCUT2D eigenvalue weighted by Crippen LogP contribution is -2.36. The van der Waals surface area contributed by atoms with Gasteiger partial charge >= 0.3 is 0 Å². The Morgan fingerprint density at radius 2 is 2.00 bits per heavy atom. The summed E-state index contributed by atoms with van der Waals surface area (Å²) in [5, 5.41) is 0. The minimum absolute atomic E-state index is 0.342. The van der Waals surface area contributed by atoms with Crippen molar-refractivity contribution in [2.45, 2.75) is 31.6 Å². The molecule has 0 aliphatic heterocycles. The number of aryl methyl sites for hydroxylation is 1. The van der Waals surface area contributed by atoms with E-state index in [1.165, 1.54) is 4.31 Å². The molecule has 0 saturated carbocycles. The van der Waals surface area contributed by atoms with Gasteiger partial charge in [0.25, 0.3) is 0 Å². The highest BCUT2D eigenvalue weighted by Crippen LogP contribution is 2.17. The van der Waals surface area contributed by atoms with Crippen molar-refractivity contribution in [3.8, 4) is 0 Å². The quantitative estimate of drug-likeness (QED) is 0.821. The summed E-state index contributed by atoms with van der Waals surface area (Å²) < 4.78 is 26.4. The molecule has 0 radical (unpaired) electrons. The lowest BCUT2D eigenvalue weighted by Gasteiger charge is -2.21. The Kier molecular flexibility index (Phi) is 5.78. The van der Waals surface area contributed by atoms with Crippen molar-refractivity contribution < 1.29 is 8.42 Å². The number of nitrogens with zero attached hydrogens (tertiary/aromatic N) is 1. The summed E-state index contributed by atoms with van der Waals surface area (Å²) >= 11 is 0. The van der Waals surface area contributed by atoms with Gasteiger partial charge in [-0.05, 0) is 31.0 Å². The molecule has 18 heavy (non-hydrogen) atoms. The predicted molar refractivity (Wildman–Crippen MR) is 73.9 cm³/mol. The Bertz CT molecular complexity index is 472. The number of benzene rings is 1. The summed E-state index contributed by atoms with van der Waals surface area (Å²) in [7, 11) is -3.40. The van der Waals surface area contributed by atoms with Crippen LogP contribution in [0.25, 0.3) is 0 Å². The topological polar surface area (TPSA) is 63.4 Å². The number of unbranched alkanes of at least 4 members (excludes halogenated alkanes) is 1. The van der Waals surface area contributed by atoms with E-state index in [1.54, 1.807) is 18.2 Å². The second-order valence-corrected chi connectivity index (χ2v) is 6.30. The van der Waals surface area contributed by atoms with Gasteiger partial charge in [0.05, 0.1) is 4.90 Å². The summed E-state index contributed by atoms with van der Waals surface area (Å²) in [6.07, 6.45) is 1.81. The van der Waals surface area contributed by atoms with Gasteiger partial charge in [0.2, 0.25) is 10.0 Å². The highest BCUT2D eigenvalue weighted by molar-refractivity contribution is 7.89. The minimum Gasteiger partial charge on any atom is -0.329 e. The van der Waals surface area contributed by atoms with Crippen LogP contribution in [0.2, 0.25) is 0 Å². The maximum absolute atomic E-state index is 12.5. The SMILES string of the molecule is CCCCN(CCN)S(=O)(=O)c1cccc(C)c1. The van der Waals surface area contributed by atoms with E-state index in [0.29, 0.717) is 24.5 Å². The normalized spacial score (nSPS) is 12.0. The molecule has 0 saturated heterocycles. The van der Waals surface area contributed by atoms with Gasteiger partial charge in [-0.15, -0.1) is 0 Å². The summed E-state index contributed by atoms with van der Waals surface area (Å²) in [5.41, 5.74) is 6.44. The first-order chi connectivity index (χ1) is 8.52. The molecule has 4 nitrogen and oxygen atoms in total. The molecule has 0 atom stereocenters. The molecule has 0 aliphatic rings. The minimum atomic E-state index is -3.40. The third kappa shape index (κ3) is 3.80. The van der Waals surface area contributed by atoms with E-state index in [4.69, 9.17) is 5.73 Å². The lowest BCUT2D eigenvalue weighted by molar-refractivity contribution is 0.410. The standard InChI is InChI=1S/C13H22N2O2S/c1-3-4-9-15(10-8-14)18(16,17)13-7-5-6-12(2)11-13/h5-7,11H,3-4,8-10,14H2,1-2H3. The van der Waals surface area contributed by atoms with E-state index in [2.05, 4.69) is 0 Å². The van der Waals surface area contributed by atoms with Crippen LogP contribution >= 0.6 is 0 Å². The molecule has 0 unspecified atom stereocenters. The van der Waals surface area contributed by atoms with E-state index in [0.717, 1.165) is 18.4 Å². The third-order valence-electron chi connectivity index (χ3n) is 2.77. The van der Waals surface area contributed by atoms with Crippen molar-refractivity contribution in [1.82, 2.24) is 4.31 Å². The molecule has 1 rings (SSSR count). The number of nitrogens with two attached hydrogens (primary N) is 1. The molecule has 0 spiro atoms. The second kappa shape index (κ2) is 6.87. The zero-order chi connectivity index (χ0) is 13.6. The summed E-state index contributed by atoms with van der Waals surface area (Å²) in [6, 6.07) is 6.99. The molecule has 1 aromatic carbocycles. The number of sulfonamides is 1. The fraction of sp³-hybridized carbons (Fsp3) is 0.538. The molecule has 5 heteroatoms. The molecular formula is C13H22N2O2S. The molecule has 0 bridgehead atoms. The molecule has 0 aliphatic carbocycles. The van der Waals surface area contributed by atoms with Gasteiger partial charge in [-0.25, -0.2) is 8.42 Å². The molecule has 0 heterocycles. The zero-order valence-electron chi connectivity index (χ0n) is 11.1. The summed E-state index contributed by atoms with van der Waals surface area (Å²) in [5.74, 6) is 0. The van der Waals surface area contributed by atoms with Crippen molar-refractivity contribution >= 4 is 10.0 Å². The molecule has 0 aromatic heterocycles. The van der Waals surface area contributed by atoms with Gasteiger partial charge in [-0.1, -0.05) is 25.5 Å². The number of hydrogen-bond acceptors (Lipinski definition) is 3. The molecule has 1 aromatic rings. The largest absolute Gasteiger partial charge is 0.329 e. The van der Waals surface area contributed by atoms with Crippen LogP contribution in [0.15, 0.2) is 29.2 Å². The highest BCUT2D eigenvalue weighted by Gasteiger charge is 2.23. The lowest BCUT2D eigenvalue weighted by atomic mass is 10.2. The first-order valence-corrected chi connectivity index (χ1v) is 7.73.